The number of nitrogens with two attached hydrogens (primary N) is 1. The Balaban J connectivity index is 2.21. The van der Waals surface area contributed by atoms with Crippen molar-refractivity contribution in [3.05, 3.63) is 0 Å². The maximum Gasteiger partial charge on any atom is 0.322 e. The van der Waals surface area contributed by atoms with E-state index in [1.54, 1.807) is 4.90 Å². The zero-order chi connectivity index (χ0) is 16.1. The van der Waals surface area contributed by atoms with Gasteiger partial charge in [0.1, 0.15) is 5.54 Å². The minimum absolute atomic E-state index is 0.0944. The molecular formula is C14H24N4O3. The SMILES string of the molecule is CC(C)(N)C(C)(C)C(=O)N1CCCC2(C1)NC(=O)NC2=O. The van der Waals surface area contributed by atoms with Gasteiger partial charge in [0.2, 0.25) is 5.91 Å². The quantitative estimate of drug-likeness (QED) is 0.621. The summed E-state index contributed by atoms with van der Waals surface area (Å²) in [5.74, 6) is -0.446. The summed E-state index contributed by atoms with van der Waals surface area (Å²) in [6.45, 7) is 8.02. The minimum atomic E-state index is -0.986. The Morgan fingerprint density at radius 1 is 1.29 bits per heavy atom. The lowest BCUT2D eigenvalue weighted by atomic mass is 9.73. The van der Waals surface area contributed by atoms with Gasteiger partial charge in [-0.1, -0.05) is 0 Å². The third kappa shape index (κ3) is 2.50. The average molecular weight is 296 g/mol. The molecule has 0 aromatic rings. The highest BCUT2D eigenvalue weighted by Crippen LogP contribution is 2.33. The molecule has 0 radical (unpaired) electrons. The van der Waals surface area contributed by atoms with E-state index in [1.165, 1.54) is 0 Å². The van der Waals surface area contributed by atoms with E-state index in [0.717, 1.165) is 0 Å². The monoisotopic (exact) mass is 296 g/mol. The first-order valence-electron chi connectivity index (χ1n) is 7.21. The number of nitrogens with zero attached hydrogens (tertiary/aromatic N) is 1. The van der Waals surface area contributed by atoms with Crippen molar-refractivity contribution in [2.75, 3.05) is 13.1 Å². The summed E-state index contributed by atoms with van der Waals surface area (Å²) < 4.78 is 0. The fourth-order valence-electron chi connectivity index (χ4n) is 2.72. The van der Waals surface area contributed by atoms with E-state index in [9.17, 15) is 14.4 Å². The van der Waals surface area contributed by atoms with Crippen molar-refractivity contribution in [3.8, 4) is 0 Å². The lowest BCUT2D eigenvalue weighted by Crippen LogP contribution is -2.64. The number of amides is 4. The lowest BCUT2D eigenvalue weighted by molar-refractivity contribution is -0.147. The molecule has 1 spiro atoms. The molecular weight excluding hydrogens is 272 g/mol. The zero-order valence-electron chi connectivity index (χ0n) is 13.1. The Morgan fingerprint density at radius 3 is 2.38 bits per heavy atom. The van der Waals surface area contributed by atoms with Gasteiger partial charge in [0.05, 0.1) is 12.0 Å². The first-order chi connectivity index (χ1) is 9.49. The van der Waals surface area contributed by atoms with Crippen LogP contribution in [0.15, 0.2) is 0 Å². The summed E-state index contributed by atoms with van der Waals surface area (Å²) in [7, 11) is 0. The van der Waals surface area contributed by atoms with Gasteiger partial charge in [-0.25, -0.2) is 4.79 Å². The number of hydrogen-bond acceptors (Lipinski definition) is 4. The summed E-state index contributed by atoms with van der Waals surface area (Å²) in [5, 5.41) is 4.92. The second-order valence-corrected chi connectivity index (χ2v) is 7.17. The van der Waals surface area contributed by atoms with Crippen LogP contribution in [0.4, 0.5) is 4.79 Å². The Bertz CT molecular complexity index is 495. The third-order valence-electron chi connectivity index (χ3n) is 4.94. The van der Waals surface area contributed by atoms with Gasteiger partial charge < -0.3 is 16.0 Å². The van der Waals surface area contributed by atoms with Crippen LogP contribution in [-0.2, 0) is 9.59 Å². The maximum absolute atomic E-state index is 12.8. The third-order valence-corrected chi connectivity index (χ3v) is 4.94. The van der Waals surface area contributed by atoms with E-state index in [2.05, 4.69) is 10.6 Å². The predicted molar refractivity (Wildman–Crippen MR) is 77.3 cm³/mol. The average Bonchev–Trinajstić information content (AvgIpc) is 2.61. The number of likely N-dealkylation sites (tertiary alicyclic amines) is 1. The van der Waals surface area contributed by atoms with Crippen LogP contribution in [0, 0.1) is 5.41 Å². The lowest BCUT2D eigenvalue weighted by Gasteiger charge is -2.45. The molecule has 2 aliphatic rings. The summed E-state index contributed by atoms with van der Waals surface area (Å²) in [6, 6.07) is -0.493. The number of rotatable bonds is 2. The number of urea groups is 1. The molecule has 2 saturated heterocycles. The fourth-order valence-corrected chi connectivity index (χ4v) is 2.72. The molecule has 0 aliphatic carbocycles. The van der Waals surface area contributed by atoms with Crippen molar-refractivity contribution in [1.29, 1.82) is 0 Å². The van der Waals surface area contributed by atoms with E-state index in [4.69, 9.17) is 5.73 Å². The number of hydrogen-bond donors (Lipinski definition) is 3. The Hall–Kier alpha value is -1.63. The van der Waals surface area contributed by atoms with Crippen LogP contribution in [0.1, 0.15) is 40.5 Å². The Labute approximate surface area is 124 Å². The molecule has 0 bridgehead atoms. The minimum Gasteiger partial charge on any atom is -0.339 e. The van der Waals surface area contributed by atoms with Gasteiger partial charge in [-0.15, -0.1) is 0 Å². The molecule has 118 valence electrons. The first kappa shape index (κ1) is 15.8. The van der Waals surface area contributed by atoms with Crippen LogP contribution in [-0.4, -0.2) is 46.9 Å². The van der Waals surface area contributed by atoms with Crippen LogP contribution < -0.4 is 16.4 Å². The van der Waals surface area contributed by atoms with Crippen molar-refractivity contribution in [2.45, 2.75) is 51.6 Å². The van der Waals surface area contributed by atoms with Gasteiger partial charge in [-0.05, 0) is 40.5 Å². The van der Waals surface area contributed by atoms with E-state index < -0.39 is 22.5 Å². The number of imide groups is 1. The van der Waals surface area contributed by atoms with Crippen molar-refractivity contribution < 1.29 is 14.4 Å². The first-order valence-corrected chi connectivity index (χ1v) is 7.21. The normalized spacial score (nSPS) is 26.8. The Kier molecular flexibility index (Phi) is 3.52. The van der Waals surface area contributed by atoms with Crippen LogP contribution >= 0.6 is 0 Å². The Morgan fingerprint density at radius 2 is 1.90 bits per heavy atom. The van der Waals surface area contributed by atoms with Gasteiger partial charge in [-0.2, -0.15) is 0 Å². The molecule has 2 rings (SSSR count). The van der Waals surface area contributed by atoms with Gasteiger partial charge in [0.25, 0.3) is 5.91 Å². The highest BCUT2D eigenvalue weighted by atomic mass is 16.2. The van der Waals surface area contributed by atoms with E-state index in [-0.39, 0.29) is 18.4 Å². The van der Waals surface area contributed by atoms with Crippen LogP contribution in [0.5, 0.6) is 0 Å². The van der Waals surface area contributed by atoms with E-state index in [0.29, 0.717) is 19.4 Å². The molecule has 4 N–H and O–H groups in total. The summed E-state index contributed by atoms with van der Waals surface area (Å²) in [5.41, 5.74) is 3.69. The largest absolute Gasteiger partial charge is 0.339 e. The van der Waals surface area contributed by atoms with Crippen LogP contribution in [0.3, 0.4) is 0 Å². The standard InChI is InChI=1S/C14H24N4O3/c1-12(2,13(3,4)15)10(20)18-7-5-6-14(8-18)9(19)16-11(21)17-14/h5-8,15H2,1-4H3,(H2,16,17,19,21). The molecule has 21 heavy (non-hydrogen) atoms. The van der Waals surface area contributed by atoms with Gasteiger partial charge in [0.15, 0.2) is 0 Å². The molecule has 4 amide bonds. The van der Waals surface area contributed by atoms with Gasteiger partial charge in [0, 0.05) is 12.1 Å². The van der Waals surface area contributed by atoms with Crippen molar-refractivity contribution in [2.24, 2.45) is 11.1 Å². The fraction of sp³-hybridized carbons (Fsp3) is 0.786. The summed E-state index contributed by atoms with van der Waals surface area (Å²) in [6.07, 6.45) is 1.21. The topological polar surface area (TPSA) is 105 Å². The van der Waals surface area contributed by atoms with Gasteiger partial charge >= 0.3 is 6.03 Å². The number of carbonyl (C=O) groups is 3. The predicted octanol–water partition coefficient (Wildman–Crippen LogP) is -0.0495. The zero-order valence-corrected chi connectivity index (χ0v) is 13.1. The molecule has 2 fully saturated rings. The highest BCUT2D eigenvalue weighted by molar-refractivity contribution is 6.07. The van der Waals surface area contributed by atoms with E-state index in [1.807, 2.05) is 27.7 Å². The molecule has 0 saturated carbocycles. The van der Waals surface area contributed by atoms with Crippen LogP contribution in [0.25, 0.3) is 0 Å². The van der Waals surface area contributed by atoms with Crippen LogP contribution in [0.2, 0.25) is 0 Å². The van der Waals surface area contributed by atoms with Crippen molar-refractivity contribution in [1.82, 2.24) is 15.5 Å². The van der Waals surface area contributed by atoms with Crippen molar-refractivity contribution in [3.63, 3.8) is 0 Å². The van der Waals surface area contributed by atoms with Crippen molar-refractivity contribution >= 4 is 17.8 Å². The molecule has 0 aromatic heterocycles. The summed E-state index contributed by atoms with van der Waals surface area (Å²) >= 11 is 0. The second kappa shape index (κ2) is 4.69. The highest BCUT2D eigenvalue weighted by Gasteiger charge is 2.52. The molecule has 1 unspecified atom stereocenters. The molecule has 2 aliphatic heterocycles. The number of piperidine rings is 1. The maximum atomic E-state index is 12.8. The smallest absolute Gasteiger partial charge is 0.322 e. The molecule has 0 aromatic carbocycles. The molecule has 1 atom stereocenters. The summed E-state index contributed by atoms with van der Waals surface area (Å²) in [4.78, 5) is 37.9. The number of carbonyl (C=O) groups excluding carboxylic acids is 3. The second-order valence-electron chi connectivity index (χ2n) is 7.17. The molecule has 7 heteroatoms. The van der Waals surface area contributed by atoms with Gasteiger partial charge in [-0.3, -0.25) is 14.9 Å². The van der Waals surface area contributed by atoms with E-state index >= 15 is 0 Å². The molecule has 2 heterocycles. The molecule has 7 nitrogen and oxygen atoms in total. The number of nitrogens with one attached hydrogen (secondary N) is 2.